The number of benzene rings is 2. The van der Waals surface area contributed by atoms with Crippen molar-refractivity contribution >= 4 is 12.1 Å². The standard InChI is InChI=1S/C33H45N3O/c1-11-24(12-2)29(3,4)25-15-13-16-26(19-25)30(5,6)34-22-35-33(10)21-32(33,9)28-18-14-17-27(20-28)31(7,8)36-23-37/h13-20,24H,11-12,21H2,1-10H3. The number of hydrogen-bond donors (Lipinski definition) is 0. The second kappa shape index (κ2) is 10.2. The van der Waals surface area contributed by atoms with Crippen molar-refractivity contribution < 1.29 is 4.79 Å². The Balaban J connectivity index is 1.86. The first-order valence-corrected chi connectivity index (χ1v) is 13.7. The molecule has 0 heterocycles. The SMILES string of the molecule is CCC(CC)C(C)(C)c1cccc(C(C)(C)N=C=NC2(C)CC2(C)c2cccc(C(C)(C)N=C=O)c2)c1. The predicted octanol–water partition coefficient (Wildman–Crippen LogP) is 8.50. The molecule has 1 fully saturated rings. The molecular formula is C33H45N3O. The monoisotopic (exact) mass is 499 g/mol. The summed E-state index contributed by atoms with van der Waals surface area (Å²) in [5.74, 6) is 0.637. The highest BCUT2D eigenvalue weighted by atomic mass is 16.1. The van der Waals surface area contributed by atoms with Crippen LogP contribution in [-0.4, -0.2) is 17.6 Å². The van der Waals surface area contributed by atoms with Gasteiger partial charge in [-0.15, -0.1) is 0 Å². The lowest BCUT2D eigenvalue weighted by atomic mass is 9.70. The van der Waals surface area contributed by atoms with E-state index in [2.05, 4.69) is 103 Å². The molecule has 0 amide bonds. The van der Waals surface area contributed by atoms with Crippen LogP contribution in [0.3, 0.4) is 0 Å². The third-order valence-electron chi connectivity index (χ3n) is 9.24. The van der Waals surface area contributed by atoms with Crippen LogP contribution < -0.4 is 0 Å². The molecule has 1 aliphatic carbocycles. The molecular weight excluding hydrogens is 454 g/mol. The maximum absolute atomic E-state index is 10.9. The van der Waals surface area contributed by atoms with Gasteiger partial charge in [0.05, 0.1) is 22.6 Å². The van der Waals surface area contributed by atoms with E-state index >= 15 is 0 Å². The van der Waals surface area contributed by atoms with Crippen LogP contribution in [0.2, 0.25) is 0 Å². The van der Waals surface area contributed by atoms with Gasteiger partial charge in [0, 0.05) is 5.41 Å². The van der Waals surface area contributed by atoms with Gasteiger partial charge in [-0.05, 0) is 74.6 Å². The van der Waals surface area contributed by atoms with Crippen LogP contribution in [0.15, 0.2) is 63.5 Å². The van der Waals surface area contributed by atoms with Crippen LogP contribution in [0.25, 0.3) is 0 Å². The summed E-state index contributed by atoms with van der Waals surface area (Å²) in [6.45, 7) is 21.8. The van der Waals surface area contributed by atoms with Crippen molar-refractivity contribution in [2.75, 3.05) is 0 Å². The average Bonchev–Trinajstić information content (AvgIpc) is 3.41. The van der Waals surface area contributed by atoms with Gasteiger partial charge in [0.1, 0.15) is 0 Å². The number of carbonyl (C=O) groups excluding carboxylic acids is 1. The Morgan fingerprint density at radius 1 is 0.838 bits per heavy atom. The van der Waals surface area contributed by atoms with Gasteiger partial charge in [-0.3, -0.25) is 0 Å². The summed E-state index contributed by atoms with van der Waals surface area (Å²) < 4.78 is 0. The molecule has 0 N–H and O–H groups in total. The Bertz CT molecular complexity index is 1240. The van der Waals surface area contributed by atoms with Gasteiger partial charge in [0.2, 0.25) is 6.08 Å². The van der Waals surface area contributed by atoms with Crippen molar-refractivity contribution in [3.63, 3.8) is 0 Å². The van der Waals surface area contributed by atoms with Crippen molar-refractivity contribution in [1.82, 2.24) is 0 Å². The molecule has 0 aliphatic heterocycles. The summed E-state index contributed by atoms with van der Waals surface area (Å²) in [6, 6.07) is 20.3. The molecule has 2 aromatic carbocycles. The van der Waals surface area contributed by atoms with Crippen LogP contribution in [0.4, 0.5) is 0 Å². The van der Waals surface area contributed by atoms with Crippen LogP contribution in [0.1, 0.15) is 111 Å². The topological polar surface area (TPSA) is 54.1 Å². The molecule has 2 atom stereocenters. The quantitative estimate of drug-likeness (QED) is 0.239. The second-order valence-electron chi connectivity index (χ2n) is 12.8. The van der Waals surface area contributed by atoms with Crippen molar-refractivity contribution in [3.8, 4) is 0 Å². The molecule has 2 aromatic rings. The van der Waals surface area contributed by atoms with E-state index in [1.165, 1.54) is 29.5 Å². The minimum Gasteiger partial charge on any atom is -0.218 e. The van der Waals surface area contributed by atoms with Gasteiger partial charge >= 0.3 is 0 Å². The summed E-state index contributed by atoms with van der Waals surface area (Å²) in [6.07, 6.45) is 4.97. The molecule has 0 saturated heterocycles. The predicted molar refractivity (Wildman–Crippen MR) is 154 cm³/mol. The zero-order chi connectivity index (χ0) is 27.7. The van der Waals surface area contributed by atoms with Gasteiger partial charge in [0.25, 0.3) is 0 Å². The smallest absolute Gasteiger partial charge is 0.218 e. The van der Waals surface area contributed by atoms with Crippen molar-refractivity contribution in [1.29, 1.82) is 0 Å². The van der Waals surface area contributed by atoms with Crippen molar-refractivity contribution in [3.05, 3.63) is 70.8 Å². The largest absolute Gasteiger partial charge is 0.235 e. The highest BCUT2D eigenvalue weighted by molar-refractivity contribution is 5.51. The Labute approximate surface area is 224 Å². The van der Waals surface area contributed by atoms with Crippen LogP contribution in [0.5, 0.6) is 0 Å². The minimum atomic E-state index is -0.606. The second-order valence-corrected chi connectivity index (χ2v) is 12.8. The van der Waals surface area contributed by atoms with E-state index in [0.717, 1.165) is 12.0 Å². The maximum atomic E-state index is 10.9. The molecule has 4 heteroatoms. The van der Waals surface area contributed by atoms with Gasteiger partial charge in [-0.25, -0.2) is 14.8 Å². The first kappa shape index (κ1) is 28.8. The lowest BCUT2D eigenvalue weighted by Crippen LogP contribution is -2.28. The van der Waals surface area contributed by atoms with Crippen molar-refractivity contribution in [2.45, 2.75) is 116 Å². The number of aliphatic imine (C=N–C) groups is 3. The molecule has 0 radical (unpaired) electrons. The molecule has 0 aromatic heterocycles. The first-order valence-electron chi connectivity index (χ1n) is 13.7. The molecule has 1 saturated carbocycles. The van der Waals surface area contributed by atoms with Gasteiger partial charge in [-0.1, -0.05) is 96.0 Å². The van der Waals surface area contributed by atoms with Gasteiger partial charge < -0.3 is 0 Å². The molecule has 0 spiro atoms. The Kier molecular flexibility index (Phi) is 7.90. The van der Waals surface area contributed by atoms with E-state index in [4.69, 9.17) is 9.98 Å². The number of nitrogens with zero attached hydrogens (tertiary/aromatic N) is 3. The fourth-order valence-electron chi connectivity index (χ4n) is 5.81. The molecule has 3 rings (SSSR count). The van der Waals surface area contributed by atoms with E-state index in [-0.39, 0.29) is 16.4 Å². The lowest BCUT2D eigenvalue weighted by Gasteiger charge is -2.35. The molecule has 4 nitrogen and oxygen atoms in total. The van der Waals surface area contributed by atoms with E-state index < -0.39 is 11.1 Å². The number of hydrogen-bond acceptors (Lipinski definition) is 4. The Morgan fingerprint density at radius 2 is 1.38 bits per heavy atom. The third kappa shape index (κ3) is 5.57. The summed E-state index contributed by atoms with van der Waals surface area (Å²) in [5, 5.41) is 0. The lowest BCUT2D eigenvalue weighted by molar-refractivity contribution is 0.298. The number of rotatable bonds is 10. The molecule has 198 valence electrons. The highest BCUT2D eigenvalue weighted by Crippen LogP contribution is 2.60. The van der Waals surface area contributed by atoms with Crippen LogP contribution >= 0.6 is 0 Å². The summed E-state index contributed by atoms with van der Waals surface area (Å²) >= 11 is 0. The van der Waals surface area contributed by atoms with E-state index in [9.17, 15) is 4.79 Å². The third-order valence-corrected chi connectivity index (χ3v) is 9.24. The zero-order valence-corrected chi connectivity index (χ0v) is 24.6. The number of isocyanates is 1. The van der Waals surface area contributed by atoms with E-state index in [1.54, 1.807) is 6.08 Å². The van der Waals surface area contributed by atoms with E-state index in [1.807, 2.05) is 26.0 Å². The highest BCUT2D eigenvalue weighted by Gasteiger charge is 2.62. The molecule has 37 heavy (non-hydrogen) atoms. The molecule has 0 bridgehead atoms. The first-order chi connectivity index (χ1) is 17.2. The van der Waals surface area contributed by atoms with Crippen LogP contribution in [-0.2, 0) is 26.7 Å². The zero-order valence-electron chi connectivity index (χ0n) is 24.6. The molecule has 1 aliphatic rings. The van der Waals surface area contributed by atoms with Crippen LogP contribution in [0, 0.1) is 5.92 Å². The van der Waals surface area contributed by atoms with E-state index in [0.29, 0.717) is 5.92 Å². The fraction of sp³-hybridized carbons (Fsp3) is 0.576. The minimum absolute atomic E-state index is 0.108. The average molecular weight is 500 g/mol. The Morgan fingerprint density at radius 3 is 1.97 bits per heavy atom. The Hall–Kier alpha value is -2.80. The van der Waals surface area contributed by atoms with Gasteiger partial charge in [0.15, 0.2) is 0 Å². The van der Waals surface area contributed by atoms with Gasteiger partial charge in [-0.2, -0.15) is 4.99 Å². The fourth-order valence-corrected chi connectivity index (χ4v) is 5.81. The summed E-state index contributed by atoms with van der Waals surface area (Å²) in [7, 11) is 0. The maximum Gasteiger partial charge on any atom is 0.235 e. The molecule has 2 unspecified atom stereocenters. The van der Waals surface area contributed by atoms with Crippen molar-refractivity contribution in [2.24, 2.45) is 20.9 Å². The normalized spacial score (nSPS) is 21.7. The summed E-state index contributed by atoms with van der Waals surface area (Å²) in [4.78, 5) is 24.6. The summed E-state index contributed by atoms with van der Waals surface area (Å²) in [5.41, 5.74) is 3.42.